The fourth-order valence-electron chi connectivity index (χ4n) is 3.28. The van der Waals surface area contributed by atoms with E-state index >= 15 is 0 Å². The summed E-state index contributed by atoms with van der Waals surface area (Å²) in [5, 5.41) is 7.94. The summed E-state index contributed by atoms with van der Waals surface area (Å²) in [6, 6.07) is 12.0. The summed E-state index contributed by atoms with van der Waals surface area (Å²) in [7, 11) is 6.62. The Balaban J connectivity index is 1.59. The lowest BCUT2D eigenvalue weighted by Gasteiger charge is -2.16. The normalized spacial score (nSPS) is 11.4. The van der Waals surface area contributed by atoms with Crippen molar-refractivity contribution in [3.8, 4) is 17.2 Å². The van der Waals surface area contributed by atoms with Gasteiger partial charge in [0.1, 0.15) is 5.75 Å². The third-order valence-corrected chi connectivity index (χ3v) is 4.82. The molecular formula is C22H28N4O3. The van der Waals surface area contributed by atoms with Crippen LogP contribution in [-0.2, 0) is 13.0 Å². The Morgan fingerprint density at radius 3 is 2.38 bits per heavy atom. The van der Waals surface area contributed by atoms with Crippen molar-refractivity contribution in [2.75, 3.05) is 34.9 Å². The minimum atomic E-state index is 0.538. The first-order chi connectivity index (χ1) is 14.2. The molecule has 0 unspecified atom stereocenters. The van der Waals surface area contributed by atoms with Gasteiger partial charge in [-0.15, -0.1) is 0 Å². The zero-order chi connectivity index (χ0) is 20.6. The Bertz CT molecular complexity index is 981. The van der Waals surface area contributed by atoms with Gasteiger partial charge in [-0.3, -0.25) is 4.99 Å². The average Bonchev–Trinajstić information content (AvgIpc) is 3.18. The van der Waals surface area contributed by atoms with Crippen molar-refractivity contribution in [2.45, 2.75) is 13.0 Å². The van der Waals surface area contributed by atoms with Crippen LogP contribution in [0.2, 0.25) is 0 Å². The molecule has 0 aliphatic rings. The SMILES string of the molecule is CN=C(NCCc1c[nH]c2ccccc12)NCc1cc(OC)c(OC)cc1OC. The van der Waals surface area contributed by atoms with Crippen molar-refractivity contribution in [3.63, 3.8) is 0 Å². The molecule has 0 amide bonds. The lowest BCUT2D eigenvalue weighted by molar-refractivity contribution is 0.347. The van der Waals surface area contributed by atoms with Crippen LogP contribution < -0.4 is 24.8 Å². The molecule has 0 atom stereocenters. The third-order valence-electron chi connectivity index (χ3n) is 4.82. The summed E-state index contributed by atoms with van der Waals surface area (Å²) in [6.07, 6.45) is 2.96. The number of guanidine groups is 1. The highest BCUT2D eigenvalue weighted by atomic mass is 16.5. The molecule has 0 aliphatic heterocycles. The summed E-state index contributed by atoms with van der Waals surface area (Å²) in [5.41, 5.74) is 3.39. The largest absolute Gasteiger partial charge is 0.496 e. The zero-order valence-electron chi connectivity index (χ0n) is 17.3. The Morgan fingerprint density at radius 1 is 0.931 bits per heavy atom. The molecule has 1 heterocycles. The van der Waals surface area contributed by atoms with E-state index in [1.54, 1.807) is 28.4 Å². The lowest BCUT2D eigenvalue weighted by Crippen LogP contribution is -2.37. The van der Waals surface area contributed by atoms with Crippen LogP contribution in [0.15, 0.2) is 47.6 Å². The van der Waals surface area contributed by atoms with Crippen LogP contribution in [0.4, 0.5) is 0 Å². The predicted octanol–water partition coefficient (Wildman–Crippen LogP) is 3.10. The van der Waals surface area contributed by atoms with Crippen molar-refractivity contribution < 1.29 is 14.2 Å². The van der Waals surface area contributed by atoms with E-state index in [9.17, 15) is 0 Å². The number of nitrogens with one attached hydrogen (secondary N) is 3. The topological polar surface area (TPSA) is 79.9 Å². The average molecular weight is 396 g/mol. The highest BCUT2D eigenvalue weighted by Crippen LogP contribution is 2.34. The number of aliphatic imine (C=N–C) groups is 1. The Hall–Kier alpha value is -3.35. The molecule has 0 saturated carbocycles. The molecule has 3 aromatic rings. The molecule has 0 aliphatic carbocycles. The number of ether oxygens (including phenoxy) is 3. The van der Waals surface area contributed by atoms with Crippen LogP contribution in [0.25, 0.3) is 10.9 Å². The maximum absolute atomic E-state index is 5.48. The van der Waals surface area contributed by atoms with Crippen LogP contribution in [-0.4, -0.2) is 45.9 Å². The van der Waals surface area contributed by atoms with E-state index in [1.165, 1.54) is 10.9 Å². The molecule has 154 valence electrons. The van der Waals surface area contributed by atoms with Crippen molar-refractivity contribution in [3.05, 3.63) is 53.7 Å². The molecule has 0 spiro atoms. The fraction of sp³-hybridized carbons (Fsp3) is 0.318. The summed E-state index contributed by atoms with van der Waals surface area (Å²) in [4.78, 5) is 7.62. The number of nitrogens with zero attached hydrogens (tertiary/aromatic N) is 1. The van der Waals surface area contributed by atoms with Crippen molar-refractivity contribution in [1.29, 1.82) is 0 Å². The second-order valence-corrected chi connectivity index (χ2v) is 6.48. The first-order valence-corrected chi connectivity index (χ1v) is 9.48. The number of hydrogen-bond acceptors (Lipinski definition) is 4. The molecule has 3 N–H and O–H groups in total. The molecule has 0 radical (unpaired) electrons. The Labute approximate surface area is 171 Å². The van der Waals surface area contributed by atoms with Crippen LogP contribution in [0.1, 0.15) is 11.1 Å². The highest BCUT2D eigenvalue weighted by molar-refractivity contribution is 5.83. The smallest absolute Gasteiger partial charge is 0.191 e. The zero-order valence-corrected chi connectivity index (χ0v) is 17.3. The van der Waals surface area contributed by atoms with Gasteiger partial charge >= 0.3 is 0 Å². The number of methoxy groups -OCH3 is 3. The van der Waals surface area contributed by atoms with E-state index in [1.807, 2.05) is 18.2 Å². The van der Waals surface area contributed by atoms with Crippen molar-refractivity contribution in [2.24, 2.45) is 4.99 Å². The van der Waals surface area contributed by atoms with Crippen LogP contribution in [0.3, 0.4) is 0 Å². The molecule has 3 rings (SSSR count). The van der Waals surface area contributed by atoms with Gasteiger partial charge < -0.3 is 29.8 Å². The van der Waals surface area contributed by atoms with E-state index < -0.39 is 0 Å². The molecule has 7 nitrogen and oxygen atoms in total. The summed E-state index contributed by atoms with van der Waals surface area (Å²) >= 11 is 0. The van der Waals surface area contributed by atoms with Gasteiger partial charge in [0.25, 0.3) is 0 Å². The second kappa shape index (κ2) is 9.73. The predicted molar refractivity (Wildman–Crippen MR) is 116 cm³/mol. The number of aromatic nitrogens is 1. The number of aromatic amines is 1. The third kappa shape index (κ3) is 4.74. The van der Waals surface area contributed by atoms with Gasteiger partial charge in [-0.1, -0.05) is 18.2 Å². The van der Waals surface area contributed by atoms with Gasteiger partial charge in [0.15, 0.2) is 17.5 Å². The summed E-state index contributed by atoms with van der Waals surface area (Å²) < 4.78 is 16.2. The number of H-pyrrole nitrogens is 1. The number of fused-ring (bicyclic) bond motifs is 1. The lowest BCUT2D eigenvalue weighted by atomic mass is 10.1. The highest BCUT2D eigenvalue weighted by Gasteiger charge is 2.12. The number of rotatable bonds is 8. The Kier molecular flexibility index (Phi) is 6.84. The quantitative estimate of drug-likeness (QED) is 0.403. The van der Waals surface area contributed by atoms with E-state index in [0.29, 0.717) is 18.0 Å². The molecule has 0 bridgehead atoms. The molecular weight excluding hydrogens is 368 g/mol. The summed E-state index contributed by atoms with van der Waals surface area (Å²) in [5.74, 6) is 2.74. The molecule has 29 heavy (non-hydrogen) atoms. The van der Waals surface area contributed by atoms with Gasteiger partial charge in [0.2, 0.25) is 0 Å². The number of benzene rings is 2. The Morgan fingerprint density at radius 2 is 1.66 bits per heavy atom. The minimum absolute atomic E-state index is 0.538. The van der Waals surface area contributed by atoms with E-state index in [0.717, 1.165) is 35.8 Å². The minimum Gasteiger partial charge on any atom is -0.496 e. The molecule has 7 heteroatoms. The molecule has 0 fully saturated rings. The van der Waals surface area contributed by atoms with Gasteiger partial charge in [-0.05, 0) is 24.1 Å². The second-order valence-electron chi connectivity index (χ2n) is 6.48. The standard InChI is InChI=1S/C22H28N4O3/c1-23-22(24-10-9-15-13-25-18-8-6-5-7-17(15)18)26-14-16-11-20(28-3)21(29-4)12-19(16)27-2/h5-8,11-13,25H,9-10,14H2,1-4H3,(H2,23,24,26). The van der Waals surface area contributed by atoms with E-state index in [2.05, 4.69) is 45.0 Å². The molecule has 2 aromatic carbocycles. The van der Waals surface area contributed by atoms with Gasteiger partial charge in [-0.25, -0.2) is 0 Å². The van der Waals surface area contributed by atoms with Crippen molar-refractivity contribution >= 4 is 16.9 Å². The van der Waals surface area contributed by atoms with Gasteiger partial charge in [0, 0.05) is 48.9 Å². The van der Waals surface area contributed by atoms with Crippen LogP contribution >= 0.6 is 0 Å². The van der Waals surface area contributed by atoms with Gasteiger partial charge in [0.05, 0.1) is 21.3 Å². The van der Waals surface area contributed by atoms with E-state index in [4.69, 9.17) is 14.2 Å². The number of para-hydroxylation sites is 1. The maximum Gasteiger partial charge on any atom is 0.191 e. The van der Waals surface area contributed by atoms with Gasteiger partial charge in [-0.2, -0.15) is 0 Å². The van der Waals surface area contributed by atoms with Crippen molar-refractivity contribution in [1.82, 2.24) is 15.6 Å². The van der Waals surface area contributed by atoms with Crippen LogP contribution in [0, 0.1) is 0 Å². The van der Waals surface area contributed by atoms with E-state index in [-0.39, 0.29) is 0 Å². The first-order valence-electron chi connectivity index (χ1n) is 9.48. The first kappa shape index (κ1) is 20.4. The fourth-order valence-corrected chi connectivity index (χ4v) is 3.28. The molecule has 0 saturated heterocycles. The van der Waals surface area contributed by atoms with Crippen LogP contribution in [0.5, 0.6) is 17.2 Å². The monoisotopic (exact) mass is 396 g/mol. The maximum atomic E-state index is 5.48. The summed E-state index contributed by atoms with van der Waals surface area (Å²) in [6.45, 7) is 1.31. The molecule has 1 aromatic heterocycles. The number of hydrogen-bond donors (Lipinski definition) is 3.